The largest absolute Gasteiger partial charge is 0.366 e. The summed E-state index contributed by atoms with van der Waals surface area (Å²) < 4.78 is 59.7. The number of nitrogens with two attached hydrogens (primary N) is 1. The number of aromatic nitrogens is 7. The smallest absolute Gasteiger partial charge is 0.271 e. The Balaban J connectivity index is 1.56. The predicted octanol–water partition coefficient (Wildman–Crippen LogP) is 4.46. The molecule has 0 amide bonds. The van der Waals surface area contributed by atoms with Gasteiger partial charge in [0.2, 0.25) is 5.95 Å². The highest BCUT2D eigenvalue weighted by Crippen LogP contribution is 2.35. The highest BCUT2D eigenvalue weighted by molar-refractivity contribution is 5.72. The monoisotopic (exact) mass is 482 g/mol. The zero-order valence-corrected chi connectivity index (χ0v) is 18.5. The lowest BCUT2D eigenvalue weighted by atomic mass is 10.0. The summed E-state index contributed by atoms with van der Waals surface area (Å²) in [6.07, 6.45) is 6.70. The number of hydrogen-bond acceptors (Lipinski definition) is 6. The van der Waals surface area contributed by atoms with Crippen LogP contribution in [0.25, 0.3) is 28.2 Å². The topological polar surface area (TPSA) is 99.8 Å². The molecule has 0 spiro atoms. The van der Waals surface area contributed by atoms with Crippen molar-refractivity contribution in [1.29, 1.82) is 0 Å². The lowest BCUT2D eigenvalue weighted by molar-refractivity contribution is -0.0217. The number of halogens is 4. The molecular formula is C23H18F4N8. The third-order valence-corrected chi connectivity index (χ3v) is 5.55. The zero-order chi connectivity index (χ0) is 24.9. The van der Waals surface area contributed by atoms with Gasteiger partial charge in [0.25, 0.3) is 5.92 Å². The number of aryl methyl sites for hydroxylation is 1. The number of alkyl halides is 2. The van der Waals surface area contributed by atoms with Gasteiger partial charge in [0.05, 0.1) is 36.2 Å². The molecule has 2 N–H and O–H groups in total. The van der Waals surface area contributed by atoms with Gasteiger partial charge < -0.3 is 5.73 Å². The van der Waals surface area contributed by atoms with Crippen LogP contribution in [0.5, 0.6) is 0 Å². The SMILES string of the molecule is Cc1c(-c2cncc(-c3cnn([C@H](c4ccc(F)cc4)C(C)(F)F)c3)n2)c(F)cn2nc(N)nc12. The van der Waals surface area contributed by atoms with Crippen molar-refractivity contribution in [3.8, 4) is 22.5 Å². The quantitative estimate of drug-likeness (QED) is 0.371. The third-order valence-electron chi connectivity index (χ3n) is 5.55. The summed E-state index contributed by atoms with van der Waals surface area (Å²) in [6.45, 7) is 2.42. The molecule has 0 saturated carbocycles. The number of anilines is 1. The average Bonchev–Trinajstić information content (AvgIpc) is 3.41. The van der Waals surface area contributed by atoms with E-state index in [1.54, 1.807) is 6.92 Å². The highest BCUT2D eigenvalue weighted by Gasteiger charge is 2.37. The maximum Gasteiger partial charge on any atom is 0.271 e. The summed E-state index contributed by atoms with van der Waals surface area (Å²) in [6, 6.07) is 3.33. The molecule has 0 bridgehead atoms. The Kier molecular flexibility index (Phi) is 5.23. The molecule has 1 aromatic carbocycles. The van der Waals surface area contributed by atoms with Gasteiger partial charge >= 0.3 is 0 Å². The summed E-state index contributed by atoms with van der Waals surface area (Å²) in [5.74, 6) is -4.34. The Labute approximate surface area is 196 Å². The standard InChI is InChI=1S/C23H18F4N8/c1-12-19(16(25)11-35-21(12)32-22(28)33-35)18-9-29-8-17(31-18)14-7-30-34(10-14)20(23(2,26)27)13-3-5-15(24)6-4-13/h3-11,20H,1-2H3,(H2,28,33)/t20-/m1/s1. The maximum atomic E-state index is 14.9. The Morgan fingerprint density at radius 2 is 1.69 bits per heavy atom. The summed E-state index contributed by atoms with van der Waals surface area (Å²) in [5.41, 5.74) is 7.70. The van der Waals surface area contributed by atoms with Crippen LogP contribution in [0.1, 0.15) is 24.1 Å². The predicted molar refractivity (Wildman–Crippen MR) is 120 cm³/mol. The number of hydrogen-bond donors (Lipinski definition) is 1. The van der Waals surface area contributed by atoms with E-state index in [9.17, 15) is 17.6 Å². The van der Waals surface area contributed by atoms with Crippen LogP contribution in [0.4, 0.5) is 23.5 Å². The van der Waals surface area contributed by atoms with Gasteiger partial charge in [-0.3, -0.25) is 9.67 Å². The molecule has 4 aromatic heterocycles. The Morgan fingerprint density at radius 3 is 2.40 bits per heavy atom. The van der Waals surface area contributed by atoms with Crippen LogP contribution in [0.2, 0.25) is 0 Å². The van der Waals surface area contributed by atoms with Crippen molar-refractivity contribution in [3.05, 3.63) is 78.0 Å². The van der Waals surface area contributed by atoms with Gasteiger partial charge in [-0.05, 0) is 24.6 Å². The van der Waals surface area contributed by atoms with E-state index in [1.165, 1.54) is 41.4 Å². The van der Waals surface area contributed by atoms with Crippen molar-refractivity contribution in [2.24, 2.45) is 0 Å². The molecule has 0 unspecified atom stereocenters. The first kappa shape index (κ1) is 22.4. The molecule has 0 fully saturated rings. The highest BCUT2D eigenvalue weighted by atomic mass is 19.3. The maximum absolute atomic E-state index is 14.9. The minimum atomic E-state index is -3.20. The fourth-order valence-electron chi connectivity index (χ4n) is 4.02. The van der Waals surface area contributed by atoms with Gasteiger partial charge in [0.15, 0.2) is 11.5 Å². The first-order chi connectivity index (χ1) is 16.6. The molecule has 0 aliphatic heterocycles. The van der Waals surface area contributed by atoms with Crippen LogP contribution in [-0.2, 0) is 0 Å². The minimum absolute atomic E-state index is 0.000309. The Morgan fingerprint density at radius 1 is 0.971 bits per heavy atom. The van der Waals surface area contributed by atoms with Crippen LogP contribution in [0.15, 0.2) is 55.2 Å². The van der Waals surface area contributed by atoms with Crippen molar-refractivity contribution in [3.63, 3.8) is 0 Å². The van der Waals surface area contributed by atoms with Crippen LogP contribution >= 0.6 is 0 Å². The molecule has 5 aromatic rings. The summed E-state index contributed by atoms with van der Waals surface area (Å²) >= 11 is 0. The number of fused-ring (bicyclic) bond motifs is 1. The van der Waals surface area contributed by atoms with Crippen molar-refractivity contribution in [2.75, 3.05) is 5.73 Å². The number of benzene rings is 1. The van der Waals surface area contributed by atoms with Crippen molar-refractivity contribution >= 4 is 11.6 Å². The van der Waals surface area contributed by atoms with Gasteiger partial charge in [0, 0.05) is 29.8 Å². The second kappa shape index (κ2) is 8.15. The molecule has 0 radical (unpaired) electrons. The van der Waals surface area contributed by atoms with Crippen molar-refractivity contribution in [1.82, 2.24) is 34.3 Å². The first-order valence-electron chi connectivity index (χ1n) is 10.4. The molecule has 178 valence electrons. The van der Waals surface area contributed by atoms with E-state index < -0.39 is 23.6 Å². The molecule has 5 rings (SSSR count). The normalized spacial score (nSPS) is 12.9. The van der Waals surface area contributed by atoms with Crippen LogP contribution in [-0.4, -0.2) is 40.3 Å². The second-order valence-electron chi connectivity index (χ2n) is 8.12. The van der Waals surface area contributed by atoms with Gasteiger partial charge in [0.1, 0.15) is 11.9 Å². The molecule has 35 heavy (non-hydrogen) atoms. The second-order valence-corrected chi connectivity index (χ2v) is 8.12. The molecule has 1 atom stereocenters. The fraction of sp³-hybridized carbons (Fsp3) is 0.174. The van der Waals surface area contributed by atoms with Gasteiger partial charge in [-0.1, -0.05) is 12.1 Å². The number of nitrogens with zero attached hydrogens (tertiary/aromatic N) is 7. The van der Waals surface area contributed by atoms with E-state index in [0.29, 0.717) is 22.5 Å². The number of rotatable bonds is 5. The average molecular weight is 482 g/mol. The van der Waals surface area contributed by atoms with E-state index in [1.807, 2.05) is 0 Å². The molecule has 0 saturated heterocycles. The molecule has 0 aliphatic carbocycles. The number of nitrogen functional groups attached to an aromatic ring is 1. The minimum Gasteiger partial charge on any atom is -0.366 e. The first-order valence-corrected chi connectivity index (χ1v) is 10.4. The van der Waals surface area contributed by atoms with Crippen LogP contribution in [0, 0.1) is 18.6 Å². The molecule has 12 heteroatoms. The lowest BCUT2D eigenvalue weighted by Gasteiger charge is -2.24. The van der Waals surface area contributed by atoms with Crippen LogP contribution < -0.4 is 5.73 Å². The molecule has 8 nitrogen and oxygen atoms in total. The van der Waals surface area contributed by atoms with E-state index in [2.05, 4.69) is 25.1 Å². The molecule has 4 heterocycles. The summed E-state index contributed by atoms with van der Waals surface area (Å²) in [7, 11) is 0. The van der Waals surface area contributed by atoms with Crippen molar-refractivity contribution in [2.45, 2.75) is 25.8 Å². The Bertz CT molecular complexity index is 1540. The summed E-state index contributed by atoms with van der Waals surface area (Å²) in [4.78, 5) is 12.7. The van der Waals surface area contributed by atoms with E-state index in [0.717, 1.165) is 29.9 Å². The van der Waals surface area contributed by atoms with E-state index in [-0.39, 0.29) is 22.8 Å². The summed E-state index contributed by atoms with van der Waals surface area (Å²) in [5, 5.41) is 8.02. The molecule has 0 aliphatic rings. The van der Waals surface area contributed by atoms with E-state index >= 15 is 0 Å². The molecular weight excluding hydrogens is 464 g/mol. The number of pyridine rings is 1. The zero-order valence-electron chi connectivity index (χ0n) is 18.5. The lowest BCUT2D eigenvalue weighted by Crippen LogP contribution is -2.29. The van der Waals surface area contributed by atoms with Crippen LogP contribution in [0.3, 0.4) is 0 Å². The fourth-order valence-corrected chi connectivity index (χ4v) is 4.02. The van der Waals surface area contributed by atoms with Gasteiger partial charge in [-0.2, -0.15) is 10.1 Å². The van der Waals surface area contributed by atoms with Gasteiger partial charge in [-0.25, -0.2) is 27.1 Å². The third kappa shape index (κ3) is 4.07. The van der Waals surface area contributed by atoms with Gasteiger partial charge in [-0.15, -0.1) is 5.10 Å². The van der Waals surface area contributed by atoms with E-state index in [4.69, 9.17) is 5.73 Å². The van der Waals surface area contributed by atoms with Crippen molar-refractivity contribution < 1.29 is 17.6 Å². The Hall–Kier alpha value is -4.35.